The Kier molecular flexibility index (Phi) is 5.25. The molecule has 0 aliphatic heterocycles. The topological polar surface area (TPSA) is 69.7 Å². The summed E-state index contributed by atoms with van der Waals surface area (Å²) in [6, 6.07) is 5.69. The summed E-state index contributed by atoms with van der Waals surface area (Å²) in [6.07, 6.45) is 0. The molecular weight excluding hydrogens is 296 g/mol. The molecule has 4 nitrogen and oxygen atoms in total. The molecule has 0 saturated heterocycles. The van der Waals surface area contributed by atoms with Crippen LogP contribution in [0.1, 0.15) is 0 Å². The van der Waals surface area contributed by atoms with Gasteiger partial charge in [-0.2, -0.15) is 11.3 Å². The van der Waals surface area contributed by atoms with E-state index in [1.165, 1.54) is 0 Å². The van der Waals surface area contributed by atoms with Gasteiger partial charge in [-0.15, -0.1) is 0 Å². The maximum atomic E-state index is 9.12. The molecule has 0 aliphatic carbocycles. The van der Waals surface area contributed by atoms with E-state index in [0.717, 1.165) is 16.8 Å². The van der Waals surface area contributed by atoms with Crippen LogP contribution in [0, 0.1) is 0 Å². The smallest absolute Gasteiger partial charge is 0.0662 e. The number of halogens is 1. The normalized spacial score (nSPS) is 10.8. The van der Waals surface area contributed by atoms with Crippen LogP contribution in [0.15, 0.2) is 29.0 Å². The zero-order chi connectivity index (χ0) is 14.5. The predicted molar refractivity (Wildman–Crippen MR) is 85.6 cm³/mol. The first-order valence-electron chi connectivity index (χ1n) is 6.25. The van der Waals surface area contributed by atoms with Gasteiger partial charge >= 0.3 is 0 Å². The maximum absolute atomic E-state index is 9.12. The number of aliphatic hydroxyl groups excluding tert-OH is 2. The van der Waals surface area contributed by atoms with Gasteiger partial charge in [-0.3, -0.25) is 0 Å². The van der Waals surface area contributed by atoms with Crippen molar-refractivity contribution in [3.63, 3.8) is 0 Å². The van der Waals surface area contributed by atoms with Crippen molar-refractivity contribution in [3.05, 3.63) is 34.0 Å². The first-order valence-corrected chi connectivity index (χ1v) is 7.57. The minimum absolute atomic E-state index is 0.00970. The molecule has 2 rings (SSSR count). The standard InChI is InChI=1S/C14H17ClN2O2S/c15-13-8-11(17(2-4-18)3-5-19)7-12(14(13)16)10-1-6-20-9-10/h1,6-9,18-19H,2-5,16H2. The maximum Gasteiger partial charge on any atom is 0.0662 e. The largest absolute Gasteiger partial charge is 0.397 e. The lowest BCUT2D eigenvalue weighted by molar-refractivity contribution is 0.281. The summed E-state index contributed by atoms with van der Waals surface area (Å²) >= 11 is 7.80. The quantitative estimate of drug-likeness (QED) is 0.717. The predicted octanol–water partition coefficient (Wildman–Crippen LogP) is 2.44. The van der Waals surface area contributed by atoms with Crippen molar-refractivity contribution in [1.29, 1.82) is 0 Å². The molecule has 6 heteroatoms. The van der Waals surface area contributed by atoms with E-state index in [2.05, 4.69) is 0 Å². The van der Waals surface area contributed by atoms with Crippen LogP contribution in [0.4, 0.5) is 11.4 Å². The summed E-state index contributed by atoms with van der Waals surface area (Å²) in [5.41, 5.74) is 9.32. The summed E-state index contributed by atoms with van der Waals surface area (Å²) in [6.45, 7) is 0.888. The van der Waals surface area contributed by atoms with E-state index in [1.54, 1.807) is 17.4 Å². The Bertz CT molecular complexity index is 555. The number of benzene rings is 1. The van der Waals surface area contributed by atoms with Gasteiger partial charge in [0.05, 0.1) is 23.9 Å². The second-order valence-corrected chi connectivity index (χ2v) is 5.52. The fourth-order valence-corrected chi connectivity index (χ4v) is 2.92. The number of anilines is 2. The number of aliphatic hydroxyl groups is 2. The Hall–Kier alpha value is -1.27. The highest BCUT2D eigenvalue weighted by atomic mass is 35.5. The van der Waals surface area contributed by atoms with Gasteiger partial charge in [0.1, 0.15) is 0 Å². The third-order valence-corrected chi connectivity index (χ3v) is 4.05. The van der Waals surface area contributed by atoms with Crippen molar-refractivity contribution in [2.45, 2.75) is 0 Å². The highest BCUT2D eigenvalue weighted by molar-refractivity contribution is 7.08. The lowest BCUT2D eigenvalue weighted by atomic mass is 10.1. The Morgan fingerprint density at radius 2 is 1.90 bits per heavy atom. The fourth-order valence-electron chi connectivity index (χ4n) is 2.05. The average molecular weight is 313 g/mol. The zero-order valence-electron chi connectivity index (χ0n) is 10.9. The van der Waals surface area contributed by atoms with Gasteiger partial charge in [-0.1, -0.05) is 11.6 Å². The second kappa shape index (κ2) is 6.95. The van der Waals surface area contributed by atoms with E-state index < -0.39 is 0 Å². The fraction of sp³-hybridized carbons (Fsp3) is 0.286. The summed E-state index contributed by atoms with van der Waals surface area (Å²) in [5.74, 6) is 0. The van der Waals surface area contributed by atoms with Crippen LogP contribution >= 0.6 is 22.9 Å². The number of nitrogens with two attached hydrogens (primary N) is 1. The van der Waals surface area contributed by atoms with Crippen LogP contribution in [0.2, 0.25) is 5.02 Å². The molecule has 1 aromatic heterocycles. The second-order valence-electron chi connectivity index (χ2n) is 4.34. The Morgan fingerprint density at radius 3 is 2.45 bits per heavy atom. The number of hydrogen-bond donors (Lipinski definition) is 3. The van der Waals surface area contributed by atoms with Crippen LogP contribution in [0.25, 0.3) is 11.1 Å². The molecule has 0 atom stereocenters. The average Bonchev–Trinajstić information content (AvgIpc) is 2.95. The molecule has 0 saturated carbocycles. The SMILES string of the molecule is Nc1c(Cl)cc(N(CCO)CCO)cc1-c1ccsc1. The summed E-state index contributed by atoms with van der Waals surface area (Å²) < 4.78 is 0. The van der Waals surface area contributed by atoms with Crippen molar-refractivity contribution >= 4 is 34.3 Å². The van der Waals surface area contributed by atoms with E-state index in [4.69, 9.17) is 27.5 Å². The number of rotatable bonds is 6. The molecule has 1 heterocycles. The molecule has 20 heavy (non-hydrogen) atoms. The van der Waals surface area contributed by atoms with E-state index in [0.29, 0.717) is 23.8 Å². The first kappa shape index (κ1) is 15.1. The Morgan fingerprint density at radius 1 is 1.20 bits per heavy atom. The van der Waals surface area contributed by atoms with Crippen LogP contribution in [0.5, 0.6) is 0 Å². The van der Waals surface area contributed by atoms with Gasteiger partial charge < -0.3 is 20.8 Å². The molecule has 108 valence electrons. The van der Waals surface area contributed by atoms with Crippen LogP contribution < -0.4 is 10.6 Å². The van der Waals surface area contributed by atoms with Crippen LogP contribution in [-0.2, 0) is 0 Å². The lowest BCUT2D eigenvalue weighted by Gasteiger charge is -2.24. The molecule has 0 aliphatic rings. The van der Waals surface area contributed by atoms with Crippen molar-refractivity contribution < 1.29 is 10.2 Å². The molecule has 0 unspecified atom stereocenters. The van der Waals surface area contributed by atoms with E-state index in [-0.39, 0.29) is 13.2 Å². The van der Waals surface area contributed by atoms with Gasteiger partial charge in [0.25, 0.3) is 0 Å². The number of nitrogen functional groups attached to an aromatic ring is 1. The van der Waals surface area contributed by atoms with Crippen LogP contribution in [0.3, 0.4) is 0 Å². The summed E-state index contributed by atoms with van der Waals surface area (Å²) in [4.78, 5) is 1.88. The third kappa shape index (κ3) is 3.24. The van der Waals surface area contributed by atoms with Gasteiger partial charge in [-0.25, -0.2) is 0 Å². The molecule has 0 radical (unpaired) electrons. The minimum Gasteiger partial charge on any atom is -0.397 e. The van der Waals surface area contributed by atoms with Crippen molar-refractivity contribution in [2.75, 3.05) is 36.9 Å². The van der Waals surface area contributed by atoms with Gasteiger partial charge in [0, 0.05) is 24.3 Å². The molecule has 2 aromatic rings. The monoisotopic (exact) mass is 312 g/mol. The highest BCUT2D eigenvalue weighted by Crippen LogP contribution is 2.37. The number of thiophene rings is 1. The zero-order valence-corrected chi connectivity index (χ0v) is 12.5. The minimum atomic E-state index is 0.00970. The van der Waals surface area contributed by atoms with Gasteiger partial charge in [-0.05, 0) is 34.5 Å². The third-order valence-electron chi connectivity index (χ3n) is 3.05. The summed E-state index contributed by atoms with van der Waals surface area (Å²) in [5, 5.41) is 22.7. The number of nitrogens with zero attached hydrogens (tertiary/aromatic N) is 1. The summed E-state index contributed by atoms with van der Waals surface area (Å²) in [7, 11) is 0. The molecule has 0 bridgehead atoms. The van der Waals surface area contributed by atoms with Crippen molar-refractivity contribution in [3.8, 4) is 11.1 Å². The Labute approximate surface area is 127 Å². The van der Waals surface area contributed by atoms with Crippen molar-refractivity contribution in [1.82, 2.24) is 0 Å². The van der Waals surface area contributed by atoms with Crippen molar-refractivity contribution in [2.24, 2.45) is 0 Å². The molecule has 0 spiro atoms. The van der Waals surface area contributed by atoms with Gasteiger partial charge in [0.2, 0.25) is 0 Å². The first-order chi connectivity index (χ1) is 9.67. The number of hydrogen-bond acceptors (Lipinski definition) is 5. The lowest BCUT2D eigenvalue weighted by Crippen LogP contribution is -2.29. The van der Waals surface area contributed by atoms with Gasteiger partial charge in [0.15, 0.2) is 0 Å². The van der Waals surface area contributed by atoms with E-state index in [1.807, 2.05) is 27.8 Å². The molecule has 0 fully saturated rings. The molecule has 4 N–H and O–H groups in total. The van der Waals surface area contributed by atoms with Crippen LogP contribution in [-0.4, -0.2) is 36.5 Å². The van der Waals surface area contributed by atoms with E-state index in [9.17, 15) is 0 Å². The molecular formula is C14H17ClN2O2S. The Balaban J connectivity index is 2.44. The molecule has 0 amide bonds. The molecule has 1 aromatic carbocycles. The highest BCUT2D eigenvalue weighted by Gasteiger charge is 2.13. The van der Waals surface area contributed by atoms with E-state index >= 15 is 0 Å².